The monoisotopic (exact) mass is 340 g/mol. The first-order chi connectivity index (χ1) is 12.1. The molecule has 1 fully saturated rings. The number of carbonyl (C=O) groups excluding carboxylic acids is 1. The standard InChI is InChI=1S/C19H24N4O2/c1-14-3-5-15(6-4-14)18(20)19(24)23-11-9-22(10-12-23)17-13-16(25-2)7-8-21-17/h3-8,13,18H,9-12,20H2,1-2H3. The summed E-state index contributed by atoms with van der Waals surface area (Å²) in [5.41, 5.74) is 8.18. The molecule has 1 aromatic heterocycles. The lowest BCUT2D eigenvalue weighted by Crippen LogP contribution is -2.51. The highest BCUT2D eigenvalue weighted by molar-refractivity contribution is 5.83. The fraction of sp³-hybridized carbons (Fsp3) is 0.368. The van der Waals surface area contributed by atoms with Gasteiger partial charge in [-0.05, 0) is 18.6 Å². The maximum Gasteiger partial charge on any atom is 0.244 e. The van der Waals surface area contributed by atoms with Crippen LogP contribution in [0.15, 0.2) is 42.6 Å². The van der Waals surface area contributed by atoms with Crippen molar-refractivity contribution in [3.63, 3.8) is 0 Å². The normalized spacial score (nSPS) is 15.8. The van der Waals surface area contributed by atoms with Gasteiger partial charge in [0.05, 0.1) is 7.11 Å². The van der Waals surface area contributed by atoms with Crippen LogP contribution in [0.2, 0.25) is 0 Å². The summed E-state index contributed by atoms with van der Waals surface area (Å²) in [5.74, 6) is 1.63. The molecule has 0 radical (unpaired) electrons. The minimum Gasteiger partial charge on any atom is -0.497 e. The Labute approximate surface area is 148 Å². The van der Waals surface area contributed by atoms with Crippen molar-refractivity contribution in [2.75, 3.05) is 38.2 Å². The smallest absolute Gasteiger partial charge is 0.244 e. The number of nitrogens with two attached hydrogens (primary N) is 1. The Morgan fingerprint density at radius 3 is 2.48 bits per heavy atom. The Balaban J connectivity index is 1.61. The van der Waals surface area contributed by atoms with Gasteiger partial charge in [0.2, 0.25) is 5.91 Å². The number of methoxy groups -OCH3 is 1. The van der Waals surface area contributed by atoms with Crippen molar-refractivity contribution in [2.45, 2.75) is 13.0 Å². The predicted molar refractivity (Wildman–Crippen MR) is 97.7 cm³/mol. The number of aromatic nitrogens is 1. The summed E-state index contributed by atoms with van der Waals surface area (Å²) in [5, 5.41) is 0. The van der Waals surface area contributed by atoms with Crippen molar-refractivity contribution in [1.29, 1.82) is 0 Å². The Kier molecular flexibility index (Phi) is 5.19. The number of rotatable bonds is 4. The number of nitrogens with zero attached hydrogens (tertiary/aromatic N) is 3. The highest BCUT2D eigenvalue weighted by Crippen LogP contribution is 2.21. The van der Waals surface area contributed by atoms with Gasteiger partial charge in [-0.15, -0.1) is 0 Å². The molecule has 6 heteroatoms. The van der Waals surface area contributed by atoms with Gasteiger partial charge >= 0.3 is 0 Å². The molecule has 2 heterocycles. The van der Waals surface area contributed by atoms with Crippen LogP contribution < -0.4 is 15.4 Å². The molecule has 132 valence electrons. The van der Waals surface area contributed by atoms with Crippen molar-refractivity contribution < 1.29 is 9.53 Å². The number of anilines is 1. The van der Waals surface area contributed by atoms with E-state index in [0.717, 1.165) is 35.8 Å². The van der Waals surface area contributed by atoms with Crippen molar-refractivity contribution in [1.82, 2.24) is 9.88 Å². The molecule has 1 saturated heterocycles. The molecular formula is C19H24N4O2. The summed E-state index contributed by atoms with van der Waals surface area (Å²) in [4.78, 5) is 21.1. The van der Waals surface area contributed by atoms with Gasteiger partial charge in [-0.3, -0.25) is 4.79 Å². The van der Waals surface area contributed by atoms with Gasteiger partial charge in [-0.2, -0.15) is 0 Å². The zero-order valence-electron chi connectivity index (χ0n) is 14.7. The second-order valence-corrected chi connectivity index (χ2v) is 6.25. The minimum atomic E-state index is -0.609. The van der Waals surface area contributed by atoms with Crippen molar-refractivity contribution in [3.05, 3.63) is 53.7 Å². The molecule has 2 aromatic rings. The van der Waals surface area contributed by atoms with Crippen LogP contribution in [0.25, 0.3) is 0 Å². The summed E-state index contributed by atoms with van der Waals surface area (Å²) in [6.45, 7) is 4.75. The van der Waals surface area contributed by atoms with E-state index < -0.39 is 6.04 Å². The molecule has 1 aliphatic rings. The van der Waals surface area contributed by atoms with Gasteiger partial charge in [-0.25, -0.2) is 4.98 Å². The largest absolute Gasteiger partial charge is 0.497 e. The first kappa shape index (κ1) is 17.2. The fourth-order valence-corrected chi connectivity index (χ4v) is 2.97. The van der Waals surface area contributed by atoms with Crippen LogP contribution in [0.1, 0.15) is 17.2 Å². The molecule has 1 aliphatic heterocycles. The number of pyridine rings is 1. The van der Waals surface area contributed by atoms with E-state index in [2.05, 4.69) is 9.88 Å². The van der Waals surface area contributed by atoms with E-state index in [9.17, 15) is 4.79 Å². The molecule has 1 unspecified atom stereocenters. The Morgan fingerprint density at radius 1 is 1.16 bits per heavy atom. The number of ether oxygens (including phenoxy) is 1. The summed E-state index contributed by atoms with van der Waals surface area (Å²) in [7, 11) is 1.64. The topological polar surface area (TPSA) is 71.7 Å². The first-order valence-corrected chi connectivity index (χ1v) is 8.44. The lowest BCUT2D eigenvalue weighted by atomic mass is 10.0. The molecule has 2 N–H and O–H groups in total. The maximum atomic E-state index is 12.7. The van der Waals surface area contributed by atoms with E-state index in [0.29, 0.717) is 13.1 Å². The van der Waals surface area contributed by atoms with Crippen molar-refractivity contribution in [2.24, 2.45) is 5.73 Å². The second kappa shape index (κ2) is 7.53. The summed E-state index contributed by atoms with van der Waals surface area (Å²) >= 11 is 0. The highest BCUT2D eigenvalue weighted by Gasteiger charge is 2.26. The van der Waals surface area contributed by atoms with Gasteiger partial charge in [0.15, 0.2) is 0 Å². The van der Waals surface area contributed by atoms with Gasteiger partial charge in [-0.1, -0.05) is 29.8 Å². The van der Waals surface area contributed by atoms with E-state index in [1.807, 2.05) is 48.2 Å². The number of aryl methyl sites for hydroxylation is 1. The number of piperazine rings is 1. The molecular weight excluding hydrogens is 316 g/mol. The van der Waals surface area contributed by atoms with Crippen LogP contribution in [0.4, 0.5) is 5.82 Å². The van der Waals surface area contributed by atoms with Crippen LogP contribution in [0, 0.1) is 6.92 Å². The zero-order valence-corrected chi connectivity index (χ0v) is 14.7. The molecule has 0 aliphatic carbocycles. The van der Waals surface area contributed by atoms with E-state index in [1.54, 1.807) is 13.3 Å². The number of amides is 1. The summed E-state index contributed by atoms with van der Waals surface area (Å²) in [6, 6.07) is 10.9. The van der Waals surface area contributed by atoms with Gasteiger partial charge in [0.1, 0.15) is 17.6 Å². The quantitative estimate of drug-likeness (QED) is 0.918. The Hall–Kier alpha value is -2.60. The predicted octanol–water partition coefficient (Wildman–Crippen LogP) is 1.75. The maximum absolute atomic E-state index is 12.7. The molecule has 25 heavy (non-hydrogen) atoms. The lowest BCUT2D eigenvalue weighted by molar-refractivity contribution is -0.133. The molecule has 0 bridgehead atoms. The number of benzene rings is 1. The molecule has 3 rings (SSSR count). The highest BCUT2D eigenvalue weighted by atomic mass is 16.5. The third-order valence-electron chi connectivity index (χ3n) is 4.57. The van der Waals surface area contributed by atoms with Gasteiger partial charge < -0.3 is 20.3 Å². The van der Waals surface area contributed by atoms with Gasteiger partial charge in [0.25, 0.3) is 0 Å². The van der Waals surface area contributed by atoms with Crippen LogP contribution in [0.3, 0.4) is 0 Å². The molecule has 6 nitrogen and oxygen atoms in total. The van der Waals surface area contributed by atoms with Crippen LogP contribution in [0.5, 0.6) is 5.75 Å². The van der Waals surface area contributed by atoms with Crippen LogP contribution in [-0.4, -0.2) is 49.1 Å². The van der Waals surface area contributed by atoms with Gasteiger partial charge in [0, 0.05) is 38.4 Å². The lowest BCUT2D eigenvalue weighted by Gasteiger charge is -2.36. The number of carbonyl (C=O) groups is 1. The van der Waals surface area contributed by atoms with Crippen LogP contribution in [-0.2, 0) is 4.79 Å². The molecule has 1 amide bonds. The SMILES string of the molecule is COc1ccnc(N2CCN(C(=O)C(N)c3ccc(C)cc3)CC2)c1. The second-order valence-electron chi connectivity index (χ2n) is 6.25. The number of hydrogen-bond acceptors (Lipinski definition) is 5. The average molecular weight is 340 g/mol. The zero-order chi connectivity index (χ0) is 17.8. The Bertz CT molecular complexity index is 724. The minimum absolute atomic E-state index is 0.0258. The first-order valence-electron chi connectivity index (χ1n) is 8.44. The fourth-order valence-electron chi connectivity index (χ4n) is 2.97. The third-order valence-corrected chi connectivity index (χ3v) is 4.57. The average Bonchev–Trinajstić information content (AvgIpc) is 2.67. The Morgan fingerprint density at radius 2 is 1.84 bits per heavy atom. The van der Waals surface area contributed by atoms with Crippen molar-refractivity contribution >= 4 is 11.7 Å². The van der Waals surface area contributed by atoms with E-state index in [-0.39, 0.29) is 5.91 Å². The van der Waals surface area contributed by atoms with E-state index >= 15 is 0 Å². The molecule has 1 atom stereocenters. The third kappa shape index (κ3) is 3.91. The van der Waals surface area contributed by atoms with E-state index in [4.69, 9.17) is 10.5 Å². The van der Waals surface area contributed by atoms with Crippen LogP contribution >= 0.6 is 0 Å². The molecule has 0 spiro atoms. The number of hydrogen-bond donors (Lipinski definition) is 1. The summed E-state index contributed by atoms with van der Waals surface area (Å²) < 4.78 is 5.25. The summed E-state index contributed by atoms with van der Waals surface area (Å²) in [6.07, 6.45) is 1.74. The van der Waals surface area contributed by atoms with Crippen molar-refractivity contribution in [3.8, 4) is 5.75 Å². The molecule has 1 aromatic carbocycles. The van der Waals surface area contributed by atoms with E-state index in [1.165, 1.54) is 0 Å². The molecule has 0 saturated carbocycles.